The molecule has 1 heterocycles. The molecule has 3 rings (SSSR count). The van der Waals surface area contributed by atoms with E-state index in [1.165, 1.54) is 6.92 Å². The predicted molar refractivity (Wildman–Crippen MR) is 93.2 cm³/mol. The number of aromatic nitrogens is 1. The number of benzene rings is 2. The predicted octanol–water partition coefficient (Wildman–Crippen LogP) is 3.87. The zero-order valence-electron chi connectivity index (χ0n) is 13.3. The molecule has 0 aliphatic carbocycles. The van der Waals surface area contributed by atoms with Crippen molar-refractivity contribution in [2.45, 2.75) is 13.8 Å². The summed E-state index contributed by atoms with van der Waals surface area (Å²) in [6.07, 6.45) is 0. The number of carboxylic acid groups (broad SMARTS) is 1. The second-order valence-electron chi connectivity index (χ2n) is 5.64. The summed E-state index contributed by atoms with van der Waals surface area (Å²) in [4.78, 5) is 27.4. The van der Waals surface area contributed by atoms with Crippen molar-refractivity contribution in [3.8, 4) is 11.3 Å². The first-order valence-corrected chi connectivity index (χ1v) is 7.47. The van der Waals surface area contributed by atoms with Gasteiger partial charge in [-0.25, -0.2) is 9.78 Å². The van der Waals surface area contributed by atoms with Crippen LogP contribution in [0.1, 0.15) is 22.8 Å². The summed E-state index contributed by atoms with van der Waals surface area (Å²) in [5, 5.41) is 12.7. The molecule has 0 aliphatic rings. The van der Waals surface area contributed by atoms with E-state index in [9.17, 15) is 14.7 Å². The molecule has 0 radical (unpaired) electrons. The number of hydrogen-bond donors (Lipinski definition) is 2. The van der Waals surface area contributed by atoms with Gasteiger partial charge in [0.15, 0.2) is 0 Å². The van der Waals surface area contributed by atoms with Gasteiger partial charge >= 0.3 is 5.97 Å². The van der Waals surface area contributed by atoms with Crippen LogP contribution in [-0.4, -0.2) is 22.0 Å². The molecular formula is C19H16N2O3. The molecule has 2 N–H and O–H groups in total. The minimum Gasteiger partial charge on any atom is -0.478 e. The maximum atomic E-state index is 11.6. The summed E-state index contributed by atoms with van der Waals surface area (Å²) in [5.41, 5.74) is 3.84. The average molecular weight is 320 g/mol. The van der Waals surface area contributed by atoms with Crippen LogP contribution in [0.2, 0.25) is 0 Å². The van der Waals surface area contributed by atoms with Crippen LogP contribution in [0, 0.1) is 6.92 Å². The van der Waals surface area contributed by atoms with E-state index >= 15 is 0 Å². The standard InChI is InChI=1S/C19H16N2O3/c1-11-3-5-13(6-4-11)17-10-16(19(23)24)15-8-7-14(20-12(2)22)9-18(15)21-17/h3-10H,1-2H3,(H,20,22)(H,23,24). The molecule has 2 aromatic carbocycles. The van der Waals surface area contributed by atoms with Gasteiger partial charge in [0, 0.05) is 23.6 Å². The van der Waals surface area contributed by atoms with Gasteiger partial charge in [0.05, 0.1) is 16.8 Å². The SMILES string of the molecule is CC(=O)Nc1ccc2c(C(=O)O)cc(-c3ccc(C)cc3)nc2c1. The highest BCUT2D eigenvalue weighted by molar-refractivity contribution is 6.05. The molecule has 5 heteroatoms. The van der Waals surface area contributed by atoms with Crippen molar-refractivity contribution in [3.05, 3.63) is 59.7 Å². The summed E-state index contributed by atoms with van der Waals surface area (Å²) in [6.45, 7) is 3.41. The van der Waals surface area contributed by atoms with Crippen molar-refractivity contribution in [1.29, 1.82) is 0 Å². The van der Waals surface area contributed by atoms with Crippen LogP contribution in [-0.2, 0) is 4.79 Å². The smallest absolute Gasteiger partial charge is 0.336 e. The zero-order valence-corrected chi connectivity index (χ0v) is 13.3. The lowest BCUT2D eigenvalue weighted by atomic mass is 10.0. The van der Waals surface area contributed by atoms with Gasteiger partial charge in [-0.2, -0.15) is 0 Å². The van der Waals surface area contributed by atoms with Crippen LogP contribution in [0.15, 0.2) is 48.5 Å². The number of hydrogen-bond acceptors (Lipinski definition) is 3. The molecule has 0 spiro atoms. The zero-order chi connectivity index (χ0) is 17.3. The molecule has 0 bridgehead atoms. The number of nitrogens with one attached hydrogen (secondary N) is 1. The van der Waals surface area contributed by atoms with E-state index in [2.05, 4.69) is 10.3 Å². The number of rotatable bonds is 3. The lowest BCUT2D eigenvalue weighted by molar-refractivity contribution is -0.114. The molecule has 0 saturated carbocycles. The molecule has 1 aromatic heterocycles. The third-order valence-electron chi connectivity index (χ3n) is 3.71. The molecule has 3 aromatic rings. The van der Waals surface area contributed by atoms with Gasteiger partial charge in [-0.15, -0.1) is 0 Å². The Morgan fingerprint density at radius 3 is 2.38 bits per heavy atom. The maximum absolute atomic E-state index is 11.6. The fourth-order valence-corrected chi connectivity index (χ4v) is 2.56. The number of carbonyl (C=O) groups excluding carboxylic acids is 1. The van der Waals surface area contributed by atoms with Crippen LogP contribution >= 0.6 is 0 Å². The van der Waals surface area contributed by atoms with Crippen molar-refractivity contribution in [1.82, 2.24) is 4.98 Å². The molecule has 0 aliphatic heterocycles. The summed E-state index contributed by atoms with van der Waals surface area (Å²) < 4.78 is 0. The summed E-state index contributed by atoms with van der Waals surface area (Å²) in [6, 6.07) is 14.3. The molecule has 5 nitrogen and oxygen atoms in total. The van der Waals surface area contributed by atoms with Gasteiger partial charge in [0.2, 0.25) is 5.91 Å². The first kappa shape index (κ1) is 15.7. The number of amides is 1. The van der Waals surface area contributed by atoms with E-state index < -0.39 is 5.97 Å². The molecule has 0 unspecified atom stereocenters. The second-order valence-corrected chi connectivity index (χ2v) is 5.64. The quantitative estimate of drug-likeness (QED) is 0.768. The fourth-order valence-electron chi connectivity index (χ4n) is 2.56. The third-order valence-corrected chi connectivity index (χ3v) is 3.71. The lowest BCUT2D eigenvalue weighted by Crippen LogP contribution is -2.06. The number of carboxylic acids is 1. The number of aromatic carboxylic acids is 1. The topological polar surface area (TPSA) is 79.3 Å². The van der Waals surface area contributed by atoms with E-state index in [0.29, 0.717) is 22.3 Å². The molecule has 0 fully saturated rings. The Labute approximate surface area is 139 Å². The van der Waals surface area contributed by atoms with E-state index in [-0.39, 0.29) is 11.5 Å². The van der Waals surface area contributed by atoms with Crippen molar-refractivity contribution >= 4 is 28.5 Å². The van der Waals surface area contributed by atoms with E-state index in [1.54, 1.807) is 24.3 Å². The van der Waals surface area contributed by atoms with Crippen molar-refractivity contribution < 1.29 is 14.7 Å². The van der Waals surface area contributed by atoms with Gasteiger partial charge in [-0.05, 0) is 31.2 Å². The molecule has 24 heavy (non-hydrogen) atoms. The van der Waals surface area contributed by atoms with Crippen LogP contribution in [0.3, 0.4) is 0 Å². The van der Waals surface area contributed by atoms with Gasteiger partial charge in [0.25, 0.3) is 0 Å². The first-order valence-electron chi connectivity index (χ1n) is 7.47. The minimum atomic E-state index is -1.01. The van der Waals surface area contributed by atoms with E-state index in [4.69, 9.17) is 0 Å². The van der Waals surface area contributed by atoms with Crippen LogP contribution < -0.4 is 5.32 Å². The summed E-state index contributed by atoms with van der Waals surface area (Å²) in [5.74, 6) is -1.20. The highest BCUT2D eigenvalue weighted by atomic mass is 16.4. The third kappa shape index (κ3) is 3.10. The number of aryl methyl sites for hydroxylation is 1. The van der Waals surface area contributed by atoms with Crippen molar-refractivity contribution in [2.75, 3.05) is 5.32 Å². The van der Waals surface area contributed by atoms with Gasteiger partial charge in [-0.3, -0.25) is 4.79 Å². The number of carbonyl (C=O) groups is 2. The van der Waals surface area contributed by atoms with Crippen LogP contribution in [0.25, 0.3) is 22.2 Å². The summed E-state index contributed by atoms with van der Waals surface area (Å²) in [7, 11) is 0. The van der Waals surface area contributed by atoms with E-state index in [1.807, 2.05) is 31.2 Å². The largest absolute Gasteiger partial charge is 0.478 e. The van der Waals surface area contributed by atoms with Crippen LogP contribution in [0.4, 0.5) is 5.69 Å². The summed E-state index contributed by atoms with van der Waals surface area (Å²) >= 11 is 0. The number of fused-ring (bicyclic) bond motifs is 1. The monoisotopic (exact) mass is 320 g/mol. The molecule has 0 atom stereocenters. The highest BCUT2D eigenvalue weighted by Gasteiger charge is 2.13. The Hall–Kier alpha value is -3.21. The maximum Gasteiger partial charge on any atom is 0.336 e. The van der Waals surface area contributed by atoms with Gasteiger partial charge < -0.3 is 10.4 Å². The number of nitrogens with zero attached hydrogens (tertiary/aromatic N) is 1. The highest BCUT2D eigenvalue weighted by Crippen LogP contribution is 2.27. The Morgan fingerprint density at radius 2 is 1.75 bits per heavy atom. The molecular weight excluding hydrogens is 304 g/mol. The second kappa shape index (κ2) is 6.12. The van der Waals surface area contributed by atoms with E-state index in [0.717, 1.165) is 11.1 Å². The Balaban J connectivity index is 2.21. The Kier molecular flexibility index (Phi) is 4.00. The van der Waals surface area contributed by atoms with Crippen molar-refractivity contribution in [3.63, 3.8) is 0 Å². The Morgan fingerprint density at radius 1 is 1.04 bits per heavy atom. The van der Waals surface area contributed by atoms with Gasteiger partial charge in [0.1, 0.15) is 0 Å². The van der Waals surface area contributed by atoms with Crippen molar-refractivity contribution in [2.24, 2.45) is 0 Å². The Bertz CT molecular complexity index is 947. The normalized spacial score (nSPS) is 10.6. The number of pyridine rings is 1. The molecule has 0 saturated heterocycles. The van der Waals surface area contributed by atoms with Crippen LogP contribution in [0.5, 0.6) is 0 Å². The van der Waals surface area contributed by atoms with Gasteiger partial charge in [-0.1, -0.05) is 29.8 Å². The first-order chi connectivity index (χ1) is 11.4. The molecule has 1 amide bonds. The lowest BCUT2D eigenvalue weighted by Gasteiger charge is -2.09. The molecule has 120 valence electrons. The fraction of sp³-hybridized carbons (Fsp3) is 0.105. The number of anilines is 1. The minimum absolute atomic E-state index is 0.185. The average Bonchev–Trinajstić information content (AvgIpc) is 2.53.